The fourth-order valence-corrected chi connectivity index (χ4v) is 1.95. The van der Waals surface area contributed by atoms with Crippen molar-refractivity contribution in [2.45, 2.75) is 6.92 Å². The van der Waals surface area contributed by atoms with Crippen molar-refractivity contribution in [2.75, 3.05) is 5.73 Å². The first-order valence-electron chi connectivity index (χ1n) is 5.49. The molecule has 2 heterocycles. The number of nitrogens with two attached hydrogens (primary N) is 1. The fraction of sp³-hybridized carbons (Fsp3) is 0.0769. The lowest BCUT2D eigenvalue weighted by Gasteiger charge is -2.01. The molecule has 0 aliphatic carbocycles. The Morgan fingerprint density at radius 2 is 2.06 bits per heavy atom. The predicted molar refractivity (Wildman–Crippen MR) is 69.2 cm³/mol. The van der Waals surface area contributed by atoms with Crippen molar-refractivity contribution in [3.8, 4) is 11.1 Å². The summed E-state index contributed by atoms with van der Waals surface area (Å²) in [6, 6.07) is 8.81. The lowest BCUT2D eigenvalue weighted by atomic mass is 10.1. The van der Waals surface area contributed by atoms with Crippen LogP contribution in [-0.2, 0) is 0 Å². The normalized spacial score (nSPS) is 10.9. The van der Waals surface area contributed by atoms with Gasteiger partial charge in [0.25, 0.3) is 0 Å². The second-order valence-electron chi connectivity index (χ2n) is 4.10. The van der Waals surface area contributed by atoms with Gasteiger partial charge < -0.3 is 15.1 Å². The number of hydrogen-bond acceptors (Lipinski definition) is 4. The molecule has 1 aromatic carbocycles. The van der Waals surface area contributed by atoms with Crippen molar-refractivity contribution in [2.24, 2.45) is 0 Å². The van der Waals surface area contributed by atoms with Gasteiger partial charge in [0.1, 0.15) is 11.3 Å². The van der Waals surface area contributed by atoms with Crippen LogP contribution in [0.1, 0.15) is 5.89 Å². The smallest absolute Gasteiger partial charge is 0.250 e. The van der Waals surface area contributed by atoms with Crippen LogP contribution >= 0.6 is 0 Å². The Morgan fingerprint density at radius 3 is 2.83 bits per heavy atom. The minimum atomic E-state index is -0.221. The maximum atomic E-state index is 11.4. The summed E-state index contributed by atoms with van der Waals surface area (Å²) in [6.45, 7) is 1.80. The van der Waals surface area contributed by atoms with E-state index in [2.05, 4.69) is 9.97 Å². The molecule has 0 aliphatic heterocycles. The first-order valence-corrected chi connectivity index (χ1v) is 5.49. The number of oxazole rings is 1. The van der Waals surface area contributed by atoms with Gasteiger partial charge in [0.2, 0.25) is 5.56 Å². The number of nitrogens with one attached hydrogen (secondary N) is 1. The van der Waals surface area contributed by atoms with Gasteiger partial charge in [-0.05, 0) is 29.3 Å². The molecule has 0 spiro atoms. The van der Waals surface area contributed by atoms with Gasteiger partial charge in [-0.15, -0.1) is 0 Å². The molecule has 5 heteroatoms. The van der Waals surface area contributed by atoms with Crippen molar-refractivity contribution in [1.82, 2.24) is 9.97 Å². The molecule has 18 heavy (non-hydrogen) atoms. The van der Waals surface area contributed by atoms with E-state index in [4.69, 9.17) is 10.2 Å². The minimum absolute atomic E-state index is 0.221. The van der Waals surface area contributed by atoms with E-state index in [9.17, 15) is 4.79 Å². The quantitative estimate of drug-likeness (QED) is 0.683. The largest absolute Gasteiger partial charge is 0.441 e. The van der Waals surface area contributed by atoms with E-state index in [1.165, 1.54) is 6.07 Å². The summed E-state index contributed by atoms with van der Waals surface area (Å²) in [6.07, 6.45) is 0. The van der Waals surface area contributed by atoms with Crippen LogP contribution in [0.15, 0.2) is 39.5 Å². The monoisotopic (exact) mass is 241 g/mol. The second kappa shape index (κ2) is 3.73. The molecule has 5 nitrogen and oxygen atoms in total. The second-order valence-corrected chi connectivity index (χ2v) is 4.10. The van der Waals surface area contributed by atoms with Gasteiger partial charge in [0.15, 0.2) is 11.5 Å². The Kier molecular flexibility index (Phi) is 2.19. The third-order valence-electron chi connectivity index (χ3n) is 2.69. The number of nitrogen functional groups attached to an aromatic ring is 1. The summed E-state index contributed by atoms with van der Waals surface area (Å²) in [5, 5.41) is 0. The highest BCUT2D eigenvalue weighted by Crippen LogP contribution is 2.24. The number of aromatic nitrogens is 2. The molecule has 0 radical (unpaired) electrons. The SMILES string of the molecule is Cc1nc2cc(-c3cc(N)[nH]c(=O)c3)ccc2o1. The Morgan fingerprint density at radius 1 is 1.22 bits per heavy atom. The van der Waals surface area contributed by atoms with Crippen LogP contribution in [0.3, 0.4) is 0 Å². The standard InChI is InChI=1S/C13H11N3O2/c1-7-15-10-4-8(2-3-11(10)18-7)9-5-12(14)16-13(17)6-9/h2-6H,1H3,(H3,14,16,17). The lowest BCUT2D eigenvalue weighted by molar-refractivity contribution is 0.561. The van der Waals surface area contributed by atoms with Crippen molar-refractivity contribution in [3.63, 3.8) is 0 Å². The summed E-state index contributed by atoms with van der Waals surface area (Å²) in [5.41, 5.74) is 8.55. The van der Waals surface area contributed by atoms with Crippen molar-refractivity contribution in [3.05, 3.63) is 46.6 Å². The van der Waals surface area contributed by atoms with Crippen LogP contribution < -0.4 is 11.3 Å². The average Bonchev–Trinajstić information content (AvgIpc) is 2.66. The predicted octanol–water partition coefficient (Wildman–Crippen LogP) is 2.07. The van der Waals surface area contributed by atoms with Gasteiger partial charge >= 0.3 is 0 Å². The molecule has 3 rings (SSSR count). The molecule has 3 aromatic rings. The number of pyridine rings is 1. The molecule has 90 valence electrons. The topological polar surface area (TPSA) is 84.9 Å². The average molecular weight is 241 g/mol. The number of aryl methyl sites for hydroxylation is 1. The van der Waals surface area contributed by atoms with E-state index >= 15 is 0 Å². The van der Waals surface area contributed by atoms with Crippen LogP contribution in [0.4, 0.5) is 5.82 Å². The number of nitrogens with zero attached hydrogens (tertiary/aromatic N) is 1. The van der Waals surface area contributed by atoms with Gasteiger partial charge in [-0.25, -0.2) is 4.98 Å². The molecule has 0 fully saturated rings. The molecule has 0 aliphatic rings. The van der Waals surface area contributed by atoms with Crippen LogP contribution in [0.5, 0.6) is 0 Å². The number of fused-ring (bicyclic) bond motifs is 1. The highest BCUT2D eigenvalue weighted by atomic mass is 16.3. The number of H-pyrrole nitrogens is 1. The summed E-state index contributed by atoms with van der Waals surface area (Å²) < 4.78 is 5.40. The molecular weight excluding hydrogens is 230 g/mol. The van der Waals surface area contributed by atoms with E-state index < -0.39 is 0 Å². The van der Waals surface area contributed by atoms with Crippen molar-refractivity contribution < 1.29 is 4.42 Å². The first kappa shape index (κ1) is 10.6. The van der Waals surface area contributed by atoms with E-state index in [0.29, 0.717) is 11.7 Å². The van der Waals surface area contributed by atoms with Crippen LogP contribution in [-0.4, -0.2) is 9.97 Å². The van der Waals surface area contributed by atoms with Crippen molar-refractivity contribution in [1.29, 1.82) is 0 Å². The first-order chi connectivity index (χ1) is 8.61. The highest BCUT2D eigenvalue weighted by molar-refractivity contribution is 5.80. The molecule has 0 bridgehead atoms. The van der Waals surface area contributed by atoms with Gasteiger partial charge in [0.05, 0.1) is 0 Å². The Bertz CT molecular complexity index is 786. The van der Waals surface area contributed by atoms with Gasteiger partial charge in [-0.1, -0.05) is 6.07 Å². The molecule has 0 saturated carbocycles. The molecule has 0 atom stereocenters. The third-order valence-corrected chi connectivity index (χ3v) is 2.69. The van der Waals surface area contributed by atoms with Gasteiger partial charge in [0, 0.05) is 13.0 Å². The maximum absolute atomic E-state index is 11.4. The summed E-state index contributed by atoms with van der Waals surface area (Å²) in [7, 11) is 0. The molecule has 0 unspecified atom stereocenters. The maximum Gasteiger partial charge on any atom is 0.250 e. The van der Waals surface area contributed by atoms with Gasteiger partial charge in [-0.3, -0.25) is 4.79 Å². The number of anilines is 1. The lowest BCUT2D eigenvalue weighted by Crippen LogP contribution is -2.07. The summed E-state index contributed by atoms with van der Waals surface area (Å²) in [4.78, 5) is 18.2. The number of aromatic amines is 1. The Balaban J connectivity index is 2.21. The Labute approximate surface area is 102 Å². The number of rotatable bonds is 1. The van der Waals surface area contributed by atoms with Crippen LogP contribution in [0.25, 0.3) is 22.2 Å². The molecule has 3 N–H and O–H groups in total. The highest BCUT2D eigenvalue weighted by Gasteiger charge is 2.06. The number of hydrogen-bond donors (Lipinski definition) is 2. The fourth-order valence-electron chi connectivity index (χ4n) is 1.95. The zero-order valence-electron chi connectivity index (χ0n) is 9.73. The molecule has 0 amide bonds. The molecule has 0 saturated heterocycles. The molecular formula is C13H11N3O2. The third kappa shape index (κ3) is 1.75. The number of benzene rings is 1. The zero-order chi connectivity index (χ0) is 12.7. The summed E-state index contributed by atoms with van der Waals surface area (Å²) >= 11 is 0. The van der Waals surface area contributed by atoms with E-state index in [1.807, 2.05) is 18.2 Å². The van der Waals surface area contributed by atoms with Crippen molar-refractivity contribution >= 4 is 16.9 Å². The van der Waals surface area contributed by atoms with E-state index in [-0.39, 0.29) is 5.56 Å². The van der Waals surface area contributed by atoms with Gasteiger partial charge in [-0.2, -0.15) is 0 Å². The zero-order valence-corrected chi connectivity index (χ0v) is 9.73. The molecule has 2 aromatic heterocycles. The van der Waals surface area contributed by atoms with Crippen LogP contribution in [0.2, 0.25) is 0 Å². The minimum Gasteiger partial charge on any atom is -0.441 e. The van der Waals surface area contributed by atoms with Crippen LogP contribution in [0, 0.1) is 6.92 Å². The van der Waals surface area contributed by atoms with E-state index in [0.717, 1.165) is 22.2 Å². The van der Waals surface area contributed by atoms with E-state index in [1.54, 1.807) is 13.0 Å². The Hall–Kier alpha value is -2.56. The summed E-state index contributed by atoms with van der Waals surface area (Å²) in [5.74, 6) is 0.960.